The zero-order valence-corrected chi connectivity index (χ0v) is 17.6. The van der Waals surface area contributed by atoms with Crippen LogP contribution >= 0.6 is 11.3 Å². The summed E-state index contributed by atoms with van der Waals surface area (Å²) in [4.78, 5) is 12.5. The molecule has 0 spiro atoms. The molecule has 0 radical (unpaired) electrons. The zero-order valence-electron chi connectivity index (χ0n) is 16.0. The van der Waals surface area contributed by atoms with Crippen molar-refractivity contribution in [2.75, 3.05) is 0 Å². The van der Waals surface area contributed by atoms with Crippen LogP contribution in [0, 0.1) is 12.8 Å². The largest absolute Gasteiger partial charge is 0.460 e. The molecule has 0 fully saturated rings. The molecule has 0 saturated heterocycles. The monoisotopic (exact) mass is 410 g/mol. The molecule has 2 aromatic rings. The van der Waals surface area contributed by atoms with Gasteiger partial charge in [0.25, 0.3) is 0 Å². The minimum Gasteiger partial charge on any atom is -0.460 e. The molecule has 0 aliphatic rings. The first-order chi connectivity index (χ1) is 12.6. The lowest BCUT2D eigenvalue weighted by Crippen LogP contribution is -2.28. The summed E-state index contributed by atoms with van der Waals surface area (Å²) in [7, 11) is 0. The molecule has 27 heavy (non-hydrogen) atoms. The van der Waals surface area contributed by atoms with Crippen LogP contribution in [0.3, 0.4) is 0 Å². The predicted molar refractivity (Wildman–Crippen MR) is 108 cm³/mol. The van der Waals surface area contributed by atoms with Crippen LogP contribution in [0.4, 0.5) is 0 Å². The summed E-state index contributed by atoms with van der Waals surface area (Å²) >= 11 is -0.886. The fraction of sp³-hybridized carbons (Fsp3) is 0.450. The Labute approximate surface area is 167 Å². The third-order valence-corrected chi connectivity index (χ3v) is 5.05. The Morgan fingerprint density at radius 2 is 1.89 bits per heavy atom. The van der Waals surface area contributed by atoms with Crippen LogP contribution in [0.1, 0.15) is 50.0 Å². The number of hydrogen-bond donors (Lipinski definition) is 1. The quantitative estimate of drug-likeness (QED) is 0.498. The Hall–Kier alpha value is -1.54. The lowest BCUT2D eigenvalue weighted by Gasteiger charge is -2.27. The summed E-state index contributed by atoms with van der Waals surface area (Å²) in [6, 6.07) is 9.54. The van der Waals surface area contributed by atoms with Crippen molar-refractivity contribution in [2.45, 2.75) is 52.2 Å². The standard InChI is InChI=1S/C20H26O5S2/c1-14-5-7-16(8-6-14)19(25-27(22)23)17(11-15-9-10-26-13-15)12-18(21)24-20(2,3)4/h5-10,13,17,19H,11-12H2,1-4H3,(H,22,23). The van der Waals surface area contributed by atoms with Crippen molar-refractivity contribution in [3.05, 3.63) is 57.8 Å². The highest BCUT2D eigenvalue weighted by atomic mass is 32.2. The van der Waals surface area contributed by atoms with E-state index in [9.17, 15) is 13.6 Å². The Balaban J connectivity index is 2.31. The maximum Gasteiger partial charge on any atom is 0.306 e. The van der Waals surface area contributed by atoms with Crippen LogP contribution in [0.5, 0.6) is 0 Å². The van der Waals surface area contributed by atoms with E-state index < -0.39 is 23.1 Å². The molecule has 0 aliphatic carbocycles. The molecule has 1 heterocycles. The van der Waals surface area contributed by atoms with Crippen molar-refractivity contribution in [1.82, 2.24) is 0 Å². The molecule has 148 valence electrons. The molecule has 0 bridgehead atoms. The van der Waals surface area contributed by atoms with E-state index in [0.717, 1.165) is 16.7 Å². The number of thiophene rings is 1. The minimum absolute atomic E-state index is 0.0862. The number of carbonyl (C=O) groups is 1. The molecule has 3 atom stereocenters. The molecular weight excluding hydrogens is 384 g/mol. The van der Waals surface area contributed by atoms with Crippen molar-refractivity contribution in [1.29, 1.82) is 0 Å². The van der Waals surface area contributed by atoms with E-state index in [4.69, 9.17) is 8.92 Å². The van der Waals surface area contributed by atoms with Gasteiger partial charge < -0.3 is 4.74 Å². The Kier molecular flexibility index (Phi) is 7.73. The molecule has 2 rings (SSSR count). The lowest BCUT2D eigenvalue weighted by molar-refractivity contribution is -0.156. The van der Waals surface area contributed by atoms with Crippen LogP contribution in [0.15, 0.2) is 41.1 Å². The predicted octanol–water partition coefficient (Wildman–Crippen LogP) is 4.84. The normalized spacial score (nSPS) is 15.1. The summed E-state index contributed by atoms with van der Waals surface area (Å²) in [5.74, 6) is -0.694. The highest BCUT2D eigenvalue weighted by Gasteiger charge is 2.30. The van der Waals surface area contributed by atoms with E-state index in [1.807, 2.05) is 68.8 Å². The summed E-state index contributed by atoms with van der Waals surface area (Å²) in [6.07, 6.45) is -0.0784. The van der Waals surface area contributed by atoms with Gasteiger partial charge in [-0.3, -0.25) is 13.5 Å². The van der Waals surface area contributed by atoms with Crippen molar-refractivity contribution in [2.24, 2.45) is 5.92 Å². The fourth-order valence-corrected chi connectivity index (χ4v) is 3.97. The molecule has 1 aromatic heterocycles. The third-order valence-electron chi connectivity index (χ3n) is 3.95. The second kappa shape index (κ2) is 9.59. The molecule has 1 N–H and O–H groups in total. The molecule has 1 aromatic carbocycles. The first kappa shape index (κ1) is 21.8. The second-order valence-corrected chi connectivity index (χ2v) is 8.94. The van der Waals surface area contributed by atoms with E-state index in [-0.39, 0.29) is 18.3 Å². The summed E-state index contributed by atoms with van der Waals surface area (Å²) in [5.41, 5.74) is 2.29. The molecule has 0 saturated carbocycles. The van der Waals surface area contributed by atoms with Gasteiger partial charge in [-0.2, -0.15) is 15.5 Å². The van der Waals surface area contributed by atoms with Gasteiger partial charge in [0.15, 0.2) is 0 Å². The second-order valence-electron chi connectivity index (χ2n) is 7.53. The SMILES string of the molecule is Cc1ccc(C(OS(=O)O)C(CC(=O)OC(C)(C)C)Cc2ccsc2)cc1. The lowest BCUT2D eigenvalue weighted by atomic mass is 9.88. The average molecular weight is 411 g/mol. The average Bonchev–Trinajstić information content (AvgIpc) is 3.04. The summed E-state index contributed by atoms with van der Waals surface area (Å²) in [5, 5.41) is 3.97. The molecule has 3 unspecified atom stereocenters. The van der Waals surface area contributed by atoms with Gasteiger partial charge in [0.05, 0.1) is 6.42 Å². The van der Waals surface area contributed by atoms with Crippen LogP contribution in [0.25, 0.3) is 0 Å². The number of carbonyl (C=O) groups excluding carboxylic acids is 1. The zero-order chi connectivity index (χ0) is 20.0. The van der Waals surface area contributed by atoms with Gasteiger partial charge in [-0.05, 0) is 62.1 Å². The van der Waals surface area contributed by atoms with Crippen molar-refractivity contribution >= 4 is 28.7 Å². The number of benzene rings is 1. The van der Waals surface area contributed by atoms with Gasteiger partial charge >= 0.3 is 17.3 Å². The molecule has 0 amide bonds. The summed E-state index contributed by atoms with van der Waals surface area (Å²) < 4.78 is 31.6. The van der Waals surface area contributed by atoms with Crippen molar-refractivity contribution in [3.8, 4) is 0 Å². The number of rotatable bonds is 8. The smallest absolute Gasteiger partial charge is 0.306 e. The number of hydrogen-bond acceptors (Lipinski definition) is 5. The van der Waals surface area contributed by atoms with Gasteiger partial charge in [0.2, 0.25) is 0 Å². The number of aryl methyl sites for hydroxylation is 1. The highest BCUT2D eigenvalue weighted by Crippen LogP contribution is 2.33. The van der Waals surface area contributed by atoms with E-state index in [1.165, 1.54) is 0 Å². The molecule has 5 nitrogen and oxygen atoms in total. The topological polar surface area (TPSA) is 72.8 Å². The van der Waals surface area contributed by atoms with Crippen molar-refractivity contribution < 1.29 is 22.5 Å². The van der Waals surface area contributed by atoms with Crippen LogP contribution in [-0.2, 0) is 31.5 Å². The Morgan fingerprint density at radius 3 is 2.41 bits per heavy atom. The summed E-state index contributed by atoms with van der Waals surface area (Å²) in [6.45, 7) is 7.41. The van der Waals surface area contributed by atoms with E-state index >= 15 is 0 Å². The Bertz CT molecular complexity index is 748. The first-order valence-corrected chi connectivity index (χ1v) is 10.7. The number of esters is 1. The van der Waals surface area contributed by atoms with Gasteiger partial charge in [-0.25, -0.2) is 0 Å². The van der Waals surface area contributed by atoms with Gasteiger partial charge in [-0.1, -0.05) is 29.8 Å². The van der Waals surface area contributed by atoms with Crippen LogP contribution < -0.4 is 0 Å². The van der Waals surface area contributed by atoms with Gasteiger partial charge in [-0.15, -0.1) is 0 Å². The number of ether oxygens (including phenoxy) is 1. The maximum atomic E-state index is 12.5. The minimum atomic E-state index is -2.45. The highest BCUT2D eigenvalue weighted by molar-refractivity contribution is 7.74. The maximum absolute atomic E-state index is 12.5. The van der Waals surface area contributed by atoms with Crippen molar-refractivity contribution in [3.63, 3.8) is 0 Å². The van der Waals surface area contributed by atoms with Gasteiger partial charge in [0, 0.05) is 5.92 Å². The fourth-order valence-electron chi connectivity index (χ4n) is 2.85. The molecule has 7 heteroatoms. The first-order valence-electron chi connectivity index (χ1n) is 8.71. The van der Waals surface area contributed by atoms with Crippen LogP contribution in [0.2, 0.25) is 0 Å². The Morgan fingerprint density at radius 1 is 1.22 bits per heavy atom. The van der Waals surface area contributed by atoms with Crippen LogP contribution in [-0.4, -0.2) is 20.3 Å². The third kappa shape index (κ3) is 7.54. The van der Waals surface area contributed by atoms with Gasteiger partial charge in [0.1, 0.15) is 11.7 Å². The molecule has 0 aliphatic heterocycles. The molecular formula is C20H26O5S2. The van der Waals surface area contributed by atoms with E-state index in [1.54, 1.807) is 11.3 Å². The van der Waals surface area contributed by atoms with E-state index in [0.29, 0.717) is 6.42 Å². The van der Waals surface area contributed by atoms with E-state index in [2.05, 4.69) is 0 Å².